The molecule has 1 amide bonds. The molecule has 18 heavy (non-hydrogen) atoms. The fraction of sp³-hybridized carbons (Fsp3) is 0.455. The Labute approximate surface area is 106 Å². The van der Waals surface area contributed by atoms with Crippen LogP contribution in [0.5, 0.6) is 0 Å². The molecule has 0 spiro atoms. The number of hydrogen-bond acceptors (Lipinski definition) is 4. The van der Waals surface area contributed by atoms with Crippen LogP contribution in [0.2, 0.25) is 0 Å². The Balaban J connectivity index is 2.10. The van der Waals surface area contributed by atoms with Crippen molar-refractivity contribution in [1.82, 2.24) is 9.29 Å². The Kier molecular flexibility index (Phi) is 3.63. The number of hydrogen-bond donors (Lipinski definition) is 1. The lowest BCUT2D eigenvalue weighted by molar-refractivity contribution is -0.119. The summed E-state index contributed by atoms with van der Waals surface area (Å²) in [6.45, 7) is 0.402. The minimum absolute atomic E-state index is 0.323. The first-order chi connectivity index (χ1) is 8.48. The second-order valence-corrected chi connectivity index (χ2v) is 6.17. The summed E-state index contributed by atoms with van der Waals surface area (Å²) in [6.07, 6.45) is 3.94. The molecule has 98 valence electrons. The fourth-order valence-corrected chi connectivity index (χ4v) is 3.17. The molecule has 7 heteroatoms. The van der Waals surface area contributed by atoms with Crippen molar-refractivity contribution < 1.29 is 13.2 Å². The molecule has 1 aliphatic rings. The molecule has 0 aliphatic carbocycles. The molecule has 1 aromatic rings. The van der Waals surface area contributed by atoms with Crippen molar-refractivity contribution in [1.29, 1.82) is 0 Å². The first-order valence-corrected chi connectivity index (χ1v) is 7.52. The average molecular weight is 269 g/mol. The Bertz CT molecular complexity index is 530. The number of rotatable bonds is 3. The smallest absolute Gasteiger partial charge is 0.243 e. The number of amides is 1. The van der Waals surface area contributed by atoms with E-state index in [-0.39, 0.29) is 5.91 Å². The molecule has 1 aliphatic heterocycles. The third-order valence-electron chi connectivity index (χ3n) is 2.85. The average Bonchev–Trinajstić information content (AvgIpc) is 2.79. The molecule has 1 saturated heterocycles. The largest absolute Gasteiger partial charge is 0.309 e. The molecular weight excluding hydrogens is 254 g/mol. The van der Waals surface area contributed by atoms with Gasteiger partial charge in [0.25, 0.3) is 0 Å². The standard InChI is InChI=1S/C11H15N3O3S/c1-18(16,17)14-8-4-5-9(14)11(15)13-10-6-2-3-7-12-10/h2-3,6-7,9H,4-5,8H2,1H3,(H,12,13,15)/t9-/m0/s1. The van der Waals surface area contributed by atoms with Crippen molar-refractivity contribution in [3.63, 3.8) is 0 Å². The highest BCUT2D eigenvalue weighted by Gasteiger charge is 2.36. The van der Waals surface area contributed by atoms with E-state index in [9.17, 15) is 13.2 Å². The van der Waals surface area contributed by atoms with Gasteiger partial charge in [-0.2, -0.15) is 4.31 Å². The summed E-state index contributed by atoms with van der Waals surface area (Å²) < 4.78 is 24.3. The van der Waals surface area contributed by atoms with Crippen molar-refractivity contribution in [2.24, 2.45) is 0 Å². The maximum atomic E-state index is 12.0. The zero-order valence-electron chi connectivity index (χ0n) is 10.0. The molecule has 0 unspecified atom stereocenters. The van der Waals surface area contributed by atoms with Crippen LogP contribution in [-0.4, -0.2) is 42.5 Å². The van der Waals surface area contributed by atoms with Crippen molar-refractivity contribution in [2.45, 2.75) is 18.9 Å². The third-order valence-corrected chi connectivity index (χ3v) is 4.14. The van der Waals surface area contributed by atoms with E-state index < -0.39 is 16.1 Å². The zero-order chi connectivity index (χ0) is 13.2. The highest BCUT2D eigenvalue weighted by atomic mass is 32.2. The lowest BCUT2D eigenvalue weighted by atomic mass is 10.2. The highest BCUT2D eigenvalue weighted by Crippen LogP contribution is 2.21. The van der Waals surface area contributed by atoms with E-state index in [4.69, 9.17) is 0 Å². The van der Waals surface area contributed by atoms with Gasteiger partial charge in [-0.15, -0.1) is 0 Å². The molecule has 2 heterocycles. The summed E-state index contributed by atoms with van der Waals surface area (Å²) in [7, 11) is -3.34. The zero-order valence-corrected chi connectivity index (χ0v) is 10.9. The lowest BCUT2D eigenvalue weighted by Gasteiger charge is -2.20. The van der Waals surface area contributed by atoms with Gasteiger partial charge in [0.1, 0.15) is 11.9 Å². The second-order valence-electron chi connectivity index (χ2n) is 4.24. The van der Waals surface area contributed by atoms with E-state index in [1.807, 2.05) is 0 Å². The molecule has 1 N–H and O–H groups in total. The summed E-state index contributed by atoms with van der Waals surface area (Å²) in [5, 5.41) is 2.63. The molecular formula is C11H15N3O3S. The number of carbonyl (C=O) groups is 1. The highest BCUT2D eigenvalue weighted by molar-refractivity contribution is 7.88. The molecule has 0 bridgehead atoms. The summed E-state index contributed by atoms with van der Waals surface area (Å²) in [5.41, 5.74) is 0. The molecule has 0 saturated carbocycles. The minimum Gasteiger partial charge on any atom is -0.309 e. The van der Waals surface area contributed by atoms with Crippen LogP contribution >= 0.6 is 0 Å². The predicted octanol–water partition coefficient (Wildman–Crippen LogP) is 0.444. The van der Waals surface area contributed by atoms with Crippen LogP contribution in [0.25, 0.3) is 0 Å². The van der Waals surface area contributed by atoms with Gasteiger partial charge in [0.15, 0.2) is 0 Å². The van der Waals surface area contributed by atoms with Crippen LogP contribution < -0.4 is 5.32 Å². The number of aromatic nitrogens is 1. The van der Waals surface area contributed by atoms with Crippen molar-refractivity contribution in [2.75, 3.05) is 18.1 Å². The number of nitrogens with one attached hydrogen (secondary N) is 1. The maximum absolute atomic E-state index is 12.0. The van der Waals surface area contributed by atoms with Gasteiger partial charge in [-0.3, -0.25) is 4.79 Å². The second kappa shape index (κ2) is 5.03. The molecule has 1 atom stereocenters. The maximum Gasteiger partial charge on any atom is 0.243 e. The summed E-state index contributed by atoms with van der Waals surface area (Å²) in [6, 6.07) is 4.54. The van der Waals surface area contributed by atoms with Crippen LogP contribution in [0.1, 0.15) is 12.8 Å². The quantitative estimate of drug-likeness (QED) is 0.863. The molecule has 1 aromatic heterocycles. The molecule has 6 nitrogen and oxygen atoms in total. The Morgan fingerprint density at radius 3 is 2.89 bits per heavy atom. The van der Waals surface area contributed by atoms with Crippen molar-refractivity contribution >= 4 is 21.7 Å². The molecule has 1 fully saturated rings. The van der Waals surface area contributed by atoms with Crippen LogP contribution in [0.3, 0.4) is 0 Å². The van der Waals surface area contributed by atoms with Gasteiger partial charge in [-0.05, 0) is 25.0 Å². The van der Waals surface area contributed by atoms with Gasteiger partial charge in [0, 0.05) is 12.7 Å². The van der Waals surface area contributed by atoms with Crippen LogP contribution in [0.4, 0.5) is 5.82 Å². The van der Waals surface area contributed by atoms with Crippen molar-refractivity contribution in [3.8, 4) is 0 Å². The summed E-state index contributed by atoms with van der Waals surface area (Å²) >= 11 is 0. The van der Waals surface area contributed by atoms with E-state index >= 15 is 0 Å². The number of sulfonamides is 1. The van der Waals surface area contributed by atoms with Crippen molar-refractivity contribution in [3.05, 3.63) is 24.4 Å². The number of nitrogens with zero attached hydrogens (tertiary/aromatic N) is 2. The van der Waals surface area contributed by atoms with Crippen LogP contribution in [0.15, 0.2) is 24.4 Å². The monoisotopic (exact) mass is 269 g/mol. The van der Waals surface area contributed by atoms with Gasteiger partial charge in [0.2, 0.25) is 15.9 Å². The topological polar surface area (TPSA) is 79.4 Å². The van der Waals surface area contributed by atoms with Gasteiger partial charge in [0.05, 0.1) is 6.26 Å². The van der Waals surface area contributed by atoms with Crippen LogP contribution in [0, 0.1) is 0 Å². The summed E-state index contributed by atoms with van der Waals surface area (Å²) in [5.74, 6) is 0.111. The van der Waals surface area contributed by atoms with Gasteiger partial charge < -0.3 is 5.32 Å². The normalized spacial score (nSPS) is 20.8. The number of pyridine rings is 1. The Morgan fingerprint density at radius 2 is 2.28 bits per heavy atom. The van der Waals surface area contributed by atoms with Crippen LogP contribution in [-0.2, 0) is 14.8 Å². The van der Waals surface area contributed by atoms with E-state index in [0.29, 0.717) is 25.2 Å². The Hall–Kier alpha value is -1.47. The Morgan fingerprint density at radius 1 is 1.50 bits per heavy atom. The first-order valence-electron chi connectivity index (χ1n) is 5.67. The predicted molar refractivity (Wildman–Crippen MR) is 67.4 cm³/mol. The third kappa shape index (κ3) is 2.85. The SMILES string of the molecule is CS(=O)(=O)N1CCC[C@H]1C(=O)Nc1ccccn1. The van der Waals surface area contributed by atoms with E-state index in [2.05, 4.69) is 10.3 Å². The minimum atomic E-state index is -3.34. The van der Waals surface area contributed by atoms with E-state index in [1.54, 1.807) is 24.4 Å². The molecule has 0 aromatic carbocycles. The van der Waals surface area contributed by atoms with Gasteiger partial charge in [-0.1, -0.05) is 6.07 Å². The number of carbonyl (C=O) groups excluding carboxylic acids is 1. The van der Waals surface area contributed by atoms with E-state index in [0.717, 1.165) is 6.26 Å². The molecule has 0 radical (unpaired) electrons. The first kappa shape index (κ1) is 13.0. The number of anilines is 1. The summed E-state index contributed by atoms with van der Waals surface area (Å²) in [4.78, 5) is 16.0. The van der Waals surface area contributed by atoms with Gasteiger partial charge in [-0.25, -0.2) is 13.4 Å². The van der Waals surface area contributed by atoms with Gasteiger partial charge >= 0.3 is 0 Å². The fourth-order valence-electron chi connectivity index (χ4n) is 2.05. The molecule has 2 rings (SSSR count). The lowest BCUT2D eigenvalue weighted by Crippen LogP contribution is -2.42. The van der Waals surface area contributed by atoms with E-state index in [1.165, 1.54) is 4.31 Å².